The lowest BCUT2D eigenvalue weighted by molar-refractivity contribution is 0.459. The number of halogens is 1. The van der Waals surface area contributed by atoms with Crippen LogP contribution in [0.15, 0.2) is 51.5 Å². The summed E-state index contributed by atoms with van der Waals surface area (Å²) in [6, 6.07) is 14.6. The van der Waals surface area contributed by atoms with Crippen LogP contribution in [0.1, 0.15) is 31.9 Å². The molecule has 0 bridgehead atoms. The Balaban J connectivity index is 1.74. The number of anilines is 1. The van der Waals surface area contributed by atoms with E-state index in [0.717, 1.165) is 27.8 Å². The van der Waals surface area contributed by atoms with Gasteiger partial charge in [0.1, 0.15) is 0 Å². The molecule has 3 rings (SSSR count). The van der Waals surface area contributed by atoms with E-state index in [1.54, 1.807) is 0 Å². The van der Waals surface area contributed by atoms with Crippen molar-refractivity contribution in [2.24, 2.45) is 0 Å². The average molecular weight is 359 g/mol. The Morgan fingerprint density at radius 1 is 1.09 bits per heavy atom. The lowest BCUT2D eigenvalue weighted by Crippen LogP contribution is -2.11. The summed E-state index contributed by atoms with van der Waals surface area (Å²) < 4.78 is 6.33. The standard InChI is InChI=1S/C18H19BrN2O/c1-18(2,3)13-6-4-12(5-7-13)11-20-17-15-9-8-14(19)10-16(15)22-21-17/h4-10H,11H2,1-3H3,(H,20,21). The third kappa shape index (κ3) is 3.17. The maximum absolute atomic E-state index is 5.34. The van der Waals surface area contributed by atoms with Gasteiger partial charge in [-0.15, -0.1) is 0 Å². The molecule has 0 aliphatic rings. The van der Waals surface area contributed by atoms with Gasteiger partial charge in [-0.25, -0.2) is 0 Å². The normalized spacial score (nSPS) is 11.8. The highest BCUT2D eigenvalue weighted by Crippen LogP contribution is 2.26. The second-order valence-electron chi connectivity index (χ2n) is 6.47. The molecule has 0 unspecified atom stereocenters. The lowest BCUT2D eigenvalue weighted by Gasteiger charge is -2.19. The minimum absolute atomic E-state index is 0.182. The number of hydrogen-bond acceptors (Lipinski definition) is 3. The van der Waals surface area contributed by atoms with Gasteiger partial charge in [0.05, 0.1) is 5.39 Å². The second-order valence-corrected chi connectivity index (χ2v) is 7.39. The summed E-state index contributed by atoms with van der Waals surface area (Å²) in [5, 5.41) is 8.44. The van der Waals surface area contributed by atoms with Crippen molar-refractivity contribution >= 4 is 32.7 Å². The highest BCUT2D eigenvalue weighted by Gasteiger charge is 2.13. The van der Waals surface area contributed by atoms with Crippen LogP contribution < -0.4 is 5.32 Å². The van der Waals surface area contributed by atoms with E-state index in [4.69, 9.17) is 4.52 Å². The monoisotopic (exact) mass is 358 g/mol. The molecule has 0 fully saturated rings. The molecule has 3 nitrogen and oxygen atoms in total. The van der Waals surface area contributed by atoms with Crippen molar-refractivity contribution in [1.29, 1.82) is 0 Å². The summed E-state index contributed by atoms with van der Waals surface area (Å²) in [7, 11) is 0. The van der Waals surface area contributed by atoms with Crippen LogP contribution in [0.5, 0.6) is 0 Å². The molecule has 0 radical (unpaired) electrons. The number of fused-ring (bicyclic) bond motifs is 1. The van der Waals surface area contributed by atoms with Gasteiger partial charge < -0.3 is 9.84 Å². The third-order valence-electron chi connectivity index (χ3n) is 3.71. The van der Waals surface area contributed by atoms with Crippen molar-refractivity contribution < 1.29 is 4.52 Å². The first-order chi connectivity index (χ1) is 10.4. The van der Waals surface area contributed by atoms with Crippen LogP contribution >= 0.6 is 15.9 Å². The van der Waals surface area contributed by atoms with E-state index < -0.39 is 0 Å². The lowest BCUT2D eigenvalue weighted by atomic mass is 9.87. The van der Waals surface area contributed by atoms with E-state index in [1.165, 1.54) is 11.1 Å². The molecule has 0 saturated heterocycles. The molecule has 0 spiro atoms. The molecule has 1 N–H and O–H groups in total. The molecule has 0 amide bonds. The van der Waals surface area contributed by atoms with Crippen LogP contribution in [-0.2, 0) is 12.0 Å². The van der Waals surface area contributed by atoms with Crippen molar-refractivity contribution in [2.75, 3.05) is 5.32 Å². The fourth-order valence-electron chi connectivity index (χ4n) is 2.35. The van der Waals surface area contributed by atoms with Crippen molar-refractivity contribution in [3.63, 3.8) is 0 Å². The average Bonchev–Trinajstić information content (AvgIpc) is 2.87. The van der Waals surface area contributed by atoms with E-state index >= 15 is 0 Å². The molecule has 2 aromatic carbocycles. The quantitative estimate of drug-likeness (QED) is 0.671. The number of aromatic nitrogens is 1. The van der Waals surface area contributed by atoms with Gasteiger partial charge in [-0.1, -0.05) is 66.1 Å². The Morgan fingerprint density at radius 2 is 1.82 bits per heavy atom. The van der Waals surface area contributed by atoms with Gasteiger partial charge in [-0.05, 0) is 34.7 Å². The molecule has 114 valence electrons. The number of nitrogens with zero attached hydrogens (tertiary/aromatic N) is 1. The molecule has 22 heavy (non-hydrogen) atoms. The zero-order chi connectivity index (χ0) is 15.7. The maximum Gasteiger partial charge on any atom is 0.177 e. The topological polar surface area (TPSA) is 38.1 Å². The number of rotatable bonds is 3. The van der Waals surface area contributed by atoms with Crippen LogP contribution in [0.25, 0.3) is 11.0 Å². The molecular formula is C18H19BrN2O. The third-order valence-corrected chi connectivity index (χ3v) is 4.21. The first-order valence-corrected chi connectivity index (χ1v) is 8.11. The Kier molecular flexibility index (Phi) is 3.96. The maximum atomic E-state index is 5.34. The number of benzene rings is 2. The molecule has 1 heterocycles. The summed E-state index contributed by atoms with van der Waals surface area (Å²) in [5.41, 5.74) is 3.52. The van der Waals surface area contributed by atoms with Gasteiger partial charge in [0.2, 0.25) is 0 Å². The summed E-state index contributed by atoms with van der Waals surface area (Å²) in [6.07, 6.45) is 0. The van der Waals surface area contributed by atoms with Gasteiger partial charge in [0, 0.05) is 11.0 Å². The predicted molar refractivity (Wildman–Crippen MR) is 94.2 cm³/mol. The summed E-state index contributed by atoms with van der Waals surface area (Å²) in [5.74, 6) is 0.780. The van der Waals surface area contributed by atoms with Gasteiger partial charge in [0.15, 0.2) is 11.4 Å². The molecule has 0 aliphatic carbocycles. The Labute approximate surface area is 138 Å². The molecular weight excluding hydrogens is 340 g/mol. The minimum Gasteiger partial charge on any atom is -0.363 e. The Bertz CT molecular complexity index is 785. The van der Waals surface area contributed by atoms with Crippen molar-refractivity contribution in [3.05, 3.63) is 58.1 Å². The SMILES string of the molecule is CC(C)(C)c1ccc(CNc2noc3cc(Br)ccc23)cc1. The summed E-state index contributed by atoms with van der Waals surface area (Å²) in [6.45, 7) is 7.39. The largest absolute Gasteiger partial charge is 0.363 e. The Hall–Kier alpha value is -1.81. The molecule has 1 aromatic heterocycles. The van der Waals surface area contributed by atoms with Gasteiger partial charge >= 0.3 is 0 Å². The highest BCUT2D eigenvalue weighted by molar-refractivity contribution is 9.10. The van der Waals surface area contributed by atoms with E-state index in [1.807, 2.05) is 18.2 Å². The predicted octanol–water partition coefficient (Wildman–Crippen LogP) is 5.50. The van der Waals surface area contributed by atoms with Crippen LogP contribution in [0, 0.1) is 0 Å². The number of hydrogen-bond donors (Lipinski definition) is 1. The molecule has 0 aliphatic heterocycles. The van der Waals surface area contributed by atoms with Crippen LogP contribution in [0.2, 0.25) is 0 Å². The van der Waals surface area contributed by atoms with Gasteiger partial charge in [-0.2, -0.15) is 0 Å². The molecule has 4 heteroatoms. The first-order valence-electron chi connectivity index (χ1n) is 7.32. The van der Waals surface area contributed by atoms with E-state index in [2.05, 4.69) is 71.4 Å². The Morgan fingerprint density at radius 3 is 2.50 bits per heavy atom. The van der Waals surface area contributed by atoms with Crippen LogP contribution in [-0.4, -0.2) is 5.16 Å². The van der Waals surface area contributed by atoms with Crippen molar-refractivity contribution in [1.82, 2.24) is 5.16 Å². The summed E-state index contributed by atoms with van der Waals surface area (Å²) >= 11 is 3.43. The fourth-order valence-corrected chi connectivity index (χ4v) is 2.69. The molecule has 3 aromatic rings. The van der Waals surface area contributed by atoms with E-state index in [0.29, 0.717) is 0 Å². The zero-order valence-corrected chi connectivity index (χ0v) is 14.6. The van der Waals surface area contributed by atoms with E-state index in [9.17, 15) is 0 Å². The van der Waals surface area contributed by atoms with Crippen molar-refractivity contribution in [2.45, 2.75) is 32.7 Å². The van der Waals surface area contributed by atoms with Gasteiger partial charge in [-0.3, -0.25) is 0 Å². The smallest absolute Gasteiger partial charge is 0.177 e. The first kappa shape index (κ1) is 15.1. The second kappa shape index (κ2) is 5.76. The summed E-state index contributed by atoms with van der Waals surface area (Å²) in [4.78, 5) is 0. The molecule has 0 atom stereocenters. The minimum atomic E-state index is 0.182. The number of nitrogens with one attached hydrogen (secondary N) is 1. The van der Waals surface area contributed by atoms with Crippen LogP contribution in [0.4, 0.5) is 5.82 Å². The fraction of sp³-hybridized carbons (Fsp3) is 0.278. The highest BCUT2D eigenvalue weighted by atomic mass is 79.9. The zero-order valence-electron chi connectivity index (χ0n) is 13.0. The van der Waals surface area contributed by atoms with Gasteiger partial charge in [0.25, 0.3) is 0 Å². The van der Waals surface area contributed by atoms with Crippen molar-refractivity contribution in [3.8, 4) is 0 Å². The van der Waals surface area contributed by atoms with E-state index in [-0.39, 0.29) is 5.41 Å². The molecule has 0 saturated carbocycles. The van der Waals surface area contributed by atoms with Crippen LogP contribution in [0.3, 0.4) is 0 Å².